The first kappa shape index (κ1) is 21.1. The minimum atomic E-state index is -0.455. The largest absolute Gasteiger partial charge is 0.419 e. The second kappa shape index (κ2) is 8.62. The minimum absolute atomic E-state index is 0.0766. The van der Waals surface area contributed by atoms with Crippen LogP contribution in [0.15, 0.2) is 70.1 Å². The monoisotopic (exact) mass is 457 g/mol. The van der Waals surface area contributed by atoms with Crippen molar-refractivity contribution in [3.05, 3.63) is 94.1 Å². The molecule has 0 fully saturated rings. The quantitative estimate of drug-likeness (QED) is 0.394. The van der Waals surface area contributed by atoms with E-state index in [-0.39, 0.29) is 24.5 Å². The average molecular weight is 457 g/mol. The van der Waals surface area contributed by atoms with Crippen LogP contribution in [0.5, 0.6) is 0 Å². The number of aryl methyl sites for hydroxylation is 1. The normalized spacial score (nSPS) is 11.1. The van der Waals surface area contributed by atoms with Crippen LogP contribution < -0.4 is 16.4 Å². The number of rotatable bonds is 6. The highest BCUT2D eigenvalue weighted by Crippen LogP contribution is 2.14. The van der Waals surface area contributed by atoms with E-state index >= 15 is 0 Å². The van der Waals surface area contributed by atoms with Crippen molar-refractivity contribution in [3.63, 3.8) is 0 Å². The maximum atomic E-state index is 12.9. The summed E-state index contributed by atoms with van der Waals surface area (Å²) in [7, 11) is 1.61. The molecule has 0 aliphatic heterocycles. The number of aromatic nitrogens is 5. The topological polar surface area (TPSA) is 136 Å². The van der Waals surface area contributed by atoms with E-state index in [2.05, 4.69) is 25.7 Å². The number of nitrogens with zero attached hydrogens (tertiary/aromatic N) is 5. The van der Waals surface area contributed by atoms with Crippen molar-refractivity contribution in [1.29, 1.82) is 0 Å². The van der Waals surface area contributed by atoms with Crippen LogP contribution >= 0.6 is 0 Å². The molecule has 0 radical (unpaired) electrons. The summed E-state index contributed by atoms with van der Waals surface area (Å²) in [5.41, 5.74) is 3.19. The molecule has 2 amide bonds. The van der Waals surface area contributed by atoms with Gasteiger partial charge in [0.1, 0.15) is 11.4 Å². The first-order chi connectivity index (χ1) is 16.5. The Morgan fingerprint density at radius 2 is 1.85 bits per heavy atom. The molecule has 34 heavy (non-hydrogen) atoms. The lowest BCUT2D eigenvalue weighted by molar-refractivity contribution is 0.0942. The zero-order valence-electron chi connectivity index (χ0n) is 18.1. The van der Waals surface area contributed by atoms with E-state index in [0.717, 1.165) is 5.56 Å². The SMILES string of the molecule is Cn1c(=O)oc2ccc(CNC(=O)c3cc(C(=O)NCc4ccccn4)n4nccc4n3)cc21. The average Bonchev–Trinajstić information content (AvgIpc) is 3.45. The highest BCUT2D eigenvalue weighted by Gasteiger charge is 2.18. The van der Waals surface area contributed by atoms with Crippen LogP contribution in [0.25, 0.3) is 16.7 Å². The van der Waals surface area contributed by atoms with Gasteiger partial charge < -0.3 is 15.1 Å². The third kappa shape index (κ3) is 4.01. The smallest absolute Gasteiger partial charge is 0.408 e. The number of hydrogen-bond donors (Lipinski definition) is 2. The molecule has 0 atom stereocenters. The van der Waals surface area contributed by atoms with Crippen LogP contribution in [0.4, 0.5) is 0 Å². The van der Waals surface area contributed by atoms with Gasteiger partial charge in [0.15, 0.2) is 11.2 Å². The van der Waals surface area contributed by atoms with Gasteiger partial charge in [0, 0.05) is 31.9 Å². The molecule has 5 rings (SSSR count). The third-order valence-electron chi connectivity index (χ3n) is 5.29. The fourth-order valence-electron chi connectivity index (χ4n) is 3.51. The van der Waals surface area contributed by atoms with Crippen LogP contribution in [0.1, 0.15) is 32.2 Å². The van der Waals surface area contributed by atoms with E-state index in [1.54, 1.807) is 49.6 Å². The van der Waals surface area contributed by atoms with Gasteiger partial charge in [-0.2, -0.15) is 5.10 Å². The van der Waals surface area contributed by atoms with Gasteiger partial charge in [-0.3, -0.25) is 19.1 Å². The number of amides is 2. The van der Waals surface area contributed by atoms with E-state index in [9.17, 15) is 14.4 Å². The molecule has 0 saturated carbocycles. The number of pyridine rings is 1. The number of nitrogens with one attached hydrogen (secondary N) is 2. The highest BCUT2D eigenvalue weighted by atomic mass is 16.4. The van der Waals surface area contributed by atoms with Crippen molar-refractivity contribution in [3.8, 4) is 0 Å². The van der Waals surface area contributed by atoms with Crippen LogP contribution in [-0.2, 0) is 20.1 Å². The number of fused-ring (bicyclic) bond motifs is 2. The lowest BCUT2D eigenvalue weighted by Gasteiger charge is -2.10. The van der Waals surface area contributed by atoms with Crippen LogP contribution in [0.3, 0.4) is 0 Å². The molecule has 5 aromatic rings. The zero-order valence-corrected chi connectivity index (χ0v) is 18.1. The van der Waals surface area contributed by atoms with Crippen LogP contribution in [0, 0.1) is 0 Å². The predicted octanol–water partition coefficient (Wildman–Crippen LogP) is 1.43. The third-order valence-corrected chi connectivity index (χ3v) is 5.29. The van der Waals surface area contributed by atoms with Crippen LogP contribution in [0.2, 0.25) is 0 Å². The van der Waals surface area contributed by atoms with E-state index in [1.165, 1.54) is 21.3 Å². The molecule has 1 aromatic carbocycles. The summed E-state index contributed by atoms with van der Waals surface area (Å²) in [5.74, 6) is -1.32. The Bertz CT molecular complexity index is 1580. The Morgan fingerprint density at radius 1 is 1.00 bits per heavy atom. The second-order valence-electron chi connectivity index (χ2n) is 7.54. The first-order valence-corrected chi connectivity index (χ1v) is 10.4. The van der Waals surface area contributed by atoms with Gasteiger partial charge in [-0.05, 0) is 29.8 Å². The minimum Gasteiger partial charge on any atom is -0.408 e. The molecule has 4 aromatic heterocycles. The first-order valence-electron chi connectivity index (χ1n) is 10.4. The molecule has 0 unspecified atom stereocenters. The summed E-state index contributed by atoms with van der Waals surface area (Å²) in [6.45, 7) is 0.423. The Kier molecular flexibility index (Phi) is 5.34. The summed E-state index contributed by atoms with van der Waals surface area (Å²) in [6, 6.07) is 13.6. The molecule has 11 nitrogen and oxygen atoms in total. The maximum Gasteiger partial charge on any atom is 0.419 e. The number of carbonyl (C=O) groups excluding carboxylic acids is 2. The van der Waals surface area contributed by atoms with Gasteiger partial charge in [-0.25, -0.2) is 14.3 Å². The van der Waals surface area contributed by atoms with E-state index in [1.807, 2.05) is 6.07 Å². The molecular formula is C23H19N7O4. The van der Waals surface area contributed by atoms with Crippen molar-refractivity contribution in [1.82, 2.24) is 34.8 Å². The molecule has 2 N–H and O–H groups in total. The predicted molar refractivity (Wildman–Crippen MR) is 121 cm³/mol. The van der Waals surface area contributed by atoms with Crippen molar-refractivity contribution >= 4 is 28.6 Å². The Labute approximate surface area is 192 Å². The van der Waals surface area contributed by atoms with Gasteiger partial charge in [0.2, 0.25) is 0 Å². The zero-order chi connectivity index (χ0) is 23.7. The Morgan fingerprint density at radius 3 is 2.68 bits per heavy atom. The van der Waals surface area contributed by atoms with E-state index in [0.29, 0.717) is 22.4 Å². The molecule has 11 heteroatoms. The molecular weight excluding hydrogens is 438 g/mol. The van der Waals surface area contributed by atoms with Gasteiger partial charge in [-0.1, -0.05) is 12.1 Å². The summed E-state index contributed by atoms with van der Waals surface area (Å²) in [5, 5.41) is 9.72. The van der Waals surface area contributed by atoms with Crippen molar-refractivity contribution in [2.45, 2.75) is 13.1 Å². The molecule has 0 spiro atoms. The highest BCUT2D eigenvalue weighted by molar-refractivity contribution is 5.98. The Balaban J connectivity index is 1.35. The van der Waals surface area contributed by atoms with Crippen molar-refractivity contribution in [2.75, 3.05) is 0 Å². The van der Waals surface area contributed by atoms with E-state index in [4.69, 9.17) is 4.42 Å². The summed E-state index contributed by atoms with van der Waals surface area (Å²) < 4.78 is 7.89. The van der Waals surface area contributed by atoms with Gasteiger partial charge in [0.05, 0.1) is 24.0 Å². The van der Waals surface area contributed by atoms with Gasteiger partial charge in [0.25, 0.3) is 11.8 Å². The molecule has 0 aliphatic rings. The molecule has 4 heterocycles. The lowest BCUT2D eigenvalue weighted by Crippen LogP contribution is -2.28. The number of hydrogen-bond acceptors (Lipinski definition) is 7. The van der Waals surface area contributed by atoms with Crippen LogP contribution in [-0.4, -0.2) is 36.0 Å². The number of carbonyl (C=O) groups is 2. The lowest BCUT2D eigenvalue weighted by atomic mass is 10.2. The van der Waals surface area contributed by atoms with Gasteiger partial charge in [-0.15, -0.1) is 0 Å². The Hall–Kier alpha value is -4.80. The molecule has 170 valence electrons. The maximum absolute atomic E-state index is 12.9. The van der Waals surface area contributed by atoms with Crippen molar-refractivity contribution < 1.29 is 14.0 Å². The summed E-state index contributed by atoms with van der Waals surface area (Å²) >= 11 is 0. The summed E-state index contributed by atoms with van der Waals surface area (Å²) in [4.78, 5) is 45.9. The molecule has 0 saturated heterocycles. The standard InChI is InChI=1S/C23H19N7O4/c1-29-17-10-14(5-6-19(17)34-23(29)33)12-25-21(31)16-11-18(30-20(28-16)7-9-27-30)22(32)26-13-15-4-2-3-8-24-15/h2-11H,12-13H2,1H3,(H,25,31)(H,26,32). The van der Waals surface area contributed by atoms with Gasteiger partial charge >= 0.3 is 5.76 Å². The second-order valence-corrected chi connectivity index (χ2v) is 7.54. The molecule has 0 aliphatic carbocycles. The van der Waals surface area contributed by atoms with E-state index < -0.39 is 17.6 Å². The number of oxazole rings is 1. The van der Waals surface area contributed by atoms with Crippen molar-refractivity contribution in [2.24, 2.45) is 7.05 Å². The fraction of sp³-hybridized carbons (Fsp3) is 0.130. The fourth-order valence-corrected chi connectivity index (χ4v) is 3.51. The molecule has 0 bridgehead atoms. The summed E-state index contributed by atoms with van der Waals surface area (Å²) in [6.07, 6.45) is 3.15. The number of benzene rings is 1.